The van der Waals surface area contributed by atoms with Gasteiger partial charge in [-0.15, -0.1) is 0 Å². The van der Waals surface area contributed by atoms with Crippen LogP contribution in [0.25, 0.3) is 10.9 Å². The number of benzene rings is 1. The first-order valence-electron chi connectivity index (χ1n) is 10.3. The molecule has 4 fully saturated rings. The number of hydrogen-bond acceptors (Lipinski definition) is 2. The van der Waals surface area contributed by atoms with Crippen molar-refractivity contribution in [2.24, 2.45) is 13.0 Å². The summed E-state index contributed by atoms with van der Waals surface area (Å²) < 4.78 is 2.16. The van der Waals surface area contributed by atoms with Crippen LogP contribution >= 0.6 is 0 Å². The Labute approximate surface area is 161 Å². The predicted molar refractivity (Wildman–Crippen MR) is 107 cm³/mol. The molecule has 4 bridgehead atoms. The van der Waals surface area contributed by atoms with Crippen LogP contribution < -0.4 is 0 Å². The lowest BCUT2D eigenvalue weighted by Gasteiger charge is -2.60. The summed E-state index contributed by atoms with van der Waals surface area (Å²) in [6.45, 7) is 4.38. The number of rotatable bonds is 3. The molecule has 144 valence electrons. The normalized spacial score (nSPS) is 32.4. The van der Waals surface area contributed by atoms with E-state index >= 15 is 0 Å². The van der Waals surface area contributed by atoms with Crippen LogP contribution in [-0.2, 0) is 17.3 Å². The van der Waals surface area contributed by atoms with E-state index < -0.39 is 5.60 Å². The molecule has 1 aromatic heterocycles. The fourth-order valence-corrected chi connectivity index (χ4v) is 6.44. The number of piperidine rings is 2. The Balaban J connectivity index is 1.42. The van der Waals surface area contributed by atoms with Crippen molar-refractivity contribution in [3.63, 3.8) is 0 Å². The highest BCUT2D eigenvalue weighted by molar-refractivity contribution is 5.86. The fourth-order valence-electron chi connectivity index (χ4n) is 6.44. The van der Waals surface area contributed by atoms with Gasteiger partial charge in [-0.25, -0.2) is 0 Å². The van der Waals surface area contributed by atoms with E-state index in [0.717, 1.165) is 32.1 Å². The number of aryl methyl sites for hydroxylation is 1. The Hall–Kier alpha value is -1.81. The number of amides is 1. The first kappa shape index (κ1) is 17.3. The standard InChI is InChI=1S/C23H30N2O2/c1-22(2,19-14-24(3)20-7-5-4-6-18(19)20)13-21(26)25-16-8-15-9-17(25)12-23(27,10-15)11-16/h4-7,14-17,27H,8-13H2,1-3H3. The zero-order valence-electron chi connectivity index (χ0n) is 16.6. The van der Waals surface area contributed by atoms with Crippen LogP contribution in [0, 0.1) is 5.92 Å². The van der Waals surface area contributed by atoms with Gasteiger partial charge < -0.3 is 14.6 Å². The first-order chi connectivity index (χ1) is 12.8. The molecule has 2 aliphatic heterocycles. The molecule has 1 aromatic carbocycles. The molecule has 1 amide bonds. The van der Waals surface area contributed by atoms with Gasteiger partial charge in [0.05, 0.1) is 5.60 Å². The van der Waals surface area contributed by atoms with Crippen molar-refractivity contribution in [3.05, 3.63) is 36.0 Å². The van der Waals surface area contributed by atoms with Gasteiger partial charge in [-0.1, -0.05) is 32.0 Å². The van der Waals surface area contributed by atoms with Gasteiger partial charge in [0.2, 0.25) is 5.91 Å². The Bertz CT molecular complexity index is 896. The lowest BCUT2D eigenvalue weighted by atomic mass is 9.61. The van der Waals surface area contributed by atoms with Crippen molar-refractivity contribution in [3.8, 4) is 0 Å². The summed E-state index contributed by atoms with van der Waals surface area (Å²) in [6, 6.07) is 8.93. The zero-order chi connectivity index (χ0) is 19.0. The van der Waals surface area contributed by atoms with Crippen molar-refractivity contribution < 1.29 is 9.90 Å². The molecular formula is C23H30N2O2. The van der Waals surface area contributed by atoms with Crippen LogP contribution in [0.15, 0.2) is 30.5 Å². The first-order valence-corrected chi connectivity index (χ1v) is 10.3. The van der Waals surface area contributed by atoms with Crippen LogP contribution in [0.2, 0.25) is 0 Å². The number of carbonyl (C=O) groups excluding carboxylic acids is 1. The van der Waals surface area contributed by atoms with Gasteiger partial charge in [0.1, 0.15) is 0 Å². The molecule has 2 saturated carbocycles. The SMILES string of the molecule is Cn1cc(C(C)(C)CC(=O)N2C3CC4CC2CC(O)(C4)C3)c2ccccc21. The maximum absolute atomic E-state index is 13.4. The molecule has 2 unspecified atom stereocenters. The van der Waals surface area contributed by atoms with Crippen molar-refractivity contribution in [2.45, 2.75) is 75.5 Å². The van der Waals surface area contributed by atoms with E-state index in [9.17, 15) is 9.90 Å². The molecule has 2 aromatic rings. The van der Waals surface area contributed by atoms with E-state index in [-0.39, 0.29) is 23.4 Å². The molecule has 2 atom stereocenters. The summed E-state index contributed by atoms with van der Waals surface area (Å²) in [5.41, 5.74) is 1.74. The molecule has 4 heteroatoms. The molecule has 0 spiro atoms. The zero-order valence-corrected chi connectivity index (χ0v) is 16.6. The van der Waals surface area contributed by atoms with Gasteiger partial charge in [0.15, 0.2) is 0 Å². The predicted octanol–water partition coefficient (Wildman–Crippen LogP) is 3.75. The second kappa shape index (κ2) is 5.60. The number of hydrogen-bond donors (Lipinski definition) is 1. The summed E-state index contributed by atoms with van der Waals surface area (Å²) in [4.78, 5) is 15.6. The van der Waals surface area contributed by atoms with E-state index in [1.165, 1.54) is 16.5 Å². The highest BCUT2D eigenvalue weighted by Crippen LogP contribution is 2.51. The summed E-state index contributed by atoms with van der Waals surface area (Å²) in [5, 5.41) is 12.0. The topological polar surface area (TPSA) is 45.5 Å². The van der Waals surface area contributed by atoms with Crippen LogP contribution in [-0.4, -0.2) is 38.2 Å². The molecule has 27 heavy (non-hydrogen) atoms. The smallest absolute Gasteiger partial charge is 0.223 e. The monoisotopic (exact) mass is 366 g/mol. The molecule has 3 heterocycles. The van der Waals surface area contributed by atoms with Crippen molar-refractivity contribution in [2.75, 3.05) is 0 Å². The van der Waals surface area contributed by atoms with E-state index in [0.29, 0.717) is 12.3 Å². The Morgan fingerprint density at radius 1 is 1.19 bits per heavy atom. The summed E-state index contributed by atoms with van der Waals surface area (Å²) in [5.74, 6) is 0.882. The van der Waals surface area contributed by atoms with Crippen molar-refractivity contribution in [1.82, 2.24) is 9.47 Å². The number of aromatic nitrogens is 1. The minimum atomic E-state index is -0.502. The molecule has 4 nitrogen and oxygen atoms in total. The maximum atomic E-state index is 13.4. The molecule has 4 aliphatic rings. The highest BCUT2D eigenvalue weighted by atomic mass is 16.3. The van der Waals surface area contributed by atoms with Crippen LogP contribution in [0.1, 0.15) is 57.9 Å². The molecule has 0 radical (unpaired) electrons. The molecule has 2 aliphatic carbocycles. The number of fused-ring (bicyclic) bond motifs is 1. The Kier molecular flexibility index (Phi) is 3.59. The third kappa shape index (κ3) is 2.64. The number of para-hydroxylation sites is 1. The lowest BCUT2D eigenvalue weighted by molar-refractivity contribution is -0.175. The third-order valence-corrected chi connectivity index (χ3v) is 7.40. The van der Waals surface area contributed by atoms with Gasteiger partial charge in [-0.2, -0.15) is 0 Å². The minimum absolute atomic E-state index is 0.219. The molecule has 1 N–H and O–H groups in total. The number of carbonyl (C=O) groups is 1. The van der Waals surface area contributed by atoms with Gasteiger partial charge >= 0.3 is 0 Å². The van der Waals surface area contributed by atoms with Crippen LogP contribution in [0.4, 0.5) is 0 Å². The van der Waals surface area contributed by atoms with Crippen LogP contribution in [0.3, 0.4) is 0 Å². The largest absolute Gasteiger partial charge is 0.390 e. The second-order valence-electron chi connectivity index (χ2n) is 10.0. The summed E-state index contributed by atoms with van der Waals surface area (Å²) in [7, 11) is 2.08. The van der Waals surface area contributed by atoms with E-state index in [1.54, 1.807) is 0 Å². The summed E-state index contributed by atoms with van der Waals surface area (Å²) >= 11 is 0. The lowest BCUT2D eigenvalue weighted by Crippen LogP contribution is -2.66. The average Bonchev–Trinajstić information content (AvgIpc) is 2.91. The molecular weight excluding hydrogens is 336 g/mol. The van der Waals surface area contributed by atoms with E-state index in [1.807, 2.05) is 0 Å². The van der Waals surface area contributed by atoms with Gasteiger partial charge in [-0.05, 0) is 49.7 Å². The van der Waals surface area contributed by atoms with Crippen molar-refractivity contribution in [1.29, 1.82) is 0 Å². The minimum Gasteiger partial charge on any atom is -0.390 e. The fraction of sp³-hybridized carbons (Fsp3) is 0.609. The number of nitrogens with zero attached hydrogens (tertiary/aromatic N) is 2. The Morgan fingerprint density at radius 3 is 2.52 bits per heavy atom. The van der Waals surface area contributed by atoms with Crippen LogP contribution in [0.5, 0.6) is 0 Å². The maximum Gasteiger partial charge on any atom is 0.223 e. The van der Waals surface area contributed by atoms with E-state index in [2.05, 4.69) is 60.8 Å². The number of aliphatic hydroxyl groups is 1. The Morgan fingerprint density at radius 2 is 1.85 bits per heavy atom. The average molecular weight is 367 g/mol. The van der Waals surface area contributed by atoms with Crippen molar-refractivity contribution >= 4 is 16.8 Å². The molecule has 2 saturated heterocycles. The van der Waals surface area contributed by atoms with Gasteiger partial charge in [-0.3, -0.25) is 4.79 Å². The van der Waals surface area contributed by atoms with Gasteiger partial charge in [0.25, 0.3) is 0 Å². The second-order valence-corrected chi connectivity index (χ2v) is 10.0. The summed E-state index contributed by atoms with van der Waals surface area (Å²) in [6.07, 6.45) is 7.38. The van der Waals surface area contributed by atoms with E-state index in [4.69, 9.17) is 0 Å². The molecule has 6 rings (SSSR count). The van der Waals surface area contributed by atoms with Gasteiger partial charge in [0, 0.05) is 48.1 Å². The third-order valence-electron chi connectivity index (χ3n) is 7.40. The highest BCUT2D eigenvalue weighted by Gasteiger charge is 2.55. The quantitative estimate of drug-likeness (QED) is 0.899.